The standard InChI is InChI=1S/C15H24N2O3S/c1-11(2)9-17-21(18,19)15-8-12(4-7-14(15)20-3)10-16-13-5-6-13/h4,7-8,11,13,16-17H,5-6,9-10H2,1-3H3. The molecule has 2 N–H and O–H groups in total. The molecule has 0 atom stereocenters. The molecule has 0 aliphatic heterocycles. The average Bonchev–Trinajstić information content (AvgIpc) is 3.27. The molecule has 1 aliphatic rings. The minimum atomic E-state index is -3.55. The van der Waals surface area contributed by atoms with E-state index in [1.807, 2.05) is 19.9 Å². The molecule has 0 bridgehead atoms. The van der Waals surface area contributed by atoms with E-state index in [2.05, 4.69) is 10.0 Å². The molecule has 1 aromatic carbocycles. The Morgan fingerprint density at radius 3 is 2.62 bits per heavy atom. The van der Waals surface area contributed by atoms with E-state index in [1.165, 1.54) is 20.0 Å². The quantitative estimate of drug-likeness (QED) is 0.769. The summed E-state index contributed by atoms with van der Waals surface area (Å²) in [4.78, 5) is 0.209. The summed E-state index contributed by atoms with van der Waals surface area (Å²) in [6.45, 7) is 5.03. The Bertz CT molecular complexity index is 581. The summed E-state index contributed by atoms with van der Waals surface area (Å²) in [6.07, 6.45) is 2.41. The third kappa shape index (κ3) is 4.69. The van der Waals surface area contributed by atoms with Crippen molar-refractivity contribution in [3.63, 3.8) is 0 Å². The predicted octanol–water partition coefficient (Wildman–Crippen LogP) is 1.88. The molecule has 0 radical (unpaired) electrons. The van der Waals surface area contributed by atoms with Crippen molar-refractivity contribution in [1.29, 1.82) is 0 Å². The second kappa shape index (κ2) is 6.77. The smallest absolute Gasteiger partial charge is 0.244 e. The predicted molar refractivity (Wildman–Crippen MR) is 82.9 cm³/mol. The van der Waals surface area contributed by atoms with Gasteiger partial charge in [0.15, 0.2) is 0 Å². The molecule has 6 heteroatoms. The molecular weight excluding hydrogens is 288 g/mol. The Labute approximate surface area is 127 Å². The van der Waals surface area contributed by atoms with Crippen molar-refractivity contribution < 1.29 is 13.2 Å². The fraction of sp³-hybridized carbons (Fsp3) is 0.600. The van der Waals surface area contributed by atoms with E-state index in [0.717, 1.165) is 5.56 Å². The van der Waals surface area contributed by atoms with Crippen LogP contribution in [-0.2, 0) is 16.6 Å². The summed E-state index contributed by atoms with van der Waals surface area (Å²) in [5.74, 6) is 0.631. The van der Waals surface area contributed by atoms with E-state index in [9.17, 15) is 8.42 Å². The van der Waals surface area contributed by atoms with Crippen LogP contribution in [-0.4, -0.2) is 28.1 Å². The Balaban J connectivity index is 2.19. The van der Waals surface area contributed by atoms with E-state index in [0.29, 0.717) is 24.9 Å². The molecule has 1 aromatic rings. The molecule has 0 heterocycles. The minimum Gasteiger partial charge on any atom is -0.495 e. The van der Waals surface area contributed by atoms with Crippen molar-refractivity contribution in [3.8, 4) is 5.75 Å². The van der Waals surface area contributed by atoms with E-state index < -0.39 is 10.0 Å². The summed E-state index contributed by atoms with van der Waals surface area (Å²) in [7, 11) is -2.06. The lowest BCUT2D eigenvalue weighted by atomic mass is 10.2. The van der Waals surface area contributed by atoms with Crippen molar-refractivity contribution in [1.82, 2.24) is 10.0 Å². The van der Waals surface area contributed by atoms with Gasteiger partial charge in [-0.25, -0.2) is 13.1 Å². The number of benzene rings is 1. The van der Waals surface area contributed by atoms with Crippen molar-refractivity contribution in [2.45, 2.75) is 44.2 Å². The van der Waals surface area contributed by atoms with Gasteiger partial charge in [-0.1, -0.05) is 19.9 Å². The van der Waals surface area contributed by atoms with Gasteiger partial charge in [0, 0.05) is 19.1 Å². The first-order valence-electron chi connectivity index (χ1n) is 7.32. The lowest BCUT2D eigenvalue weighted by Crippen LogP contribution is -2.28. The third-order valence-electron chi connectivity index (χ3n) is 3.37. The third-order valence-corrected chi connectivity index (χ3v) is 4.82. The molecule has 5 nitrogen and oxygen atoms in total. The zero-order valence-electron chi connectivity index (χ0n) is 12.8. The van der Waals surface area contributed by atoms with Crippen molar-refractivity contribution >= 4 is 10.0 Å². The van der Waals surface area contributed by atoms with Crippen molar-refractivity contribution in [2.24, 2.45) is 5.92 Å². The average molecular weight is 312 g/mol. The molecule has 1 saturated carbocycles. The Kier molecular flexibility index (Phi) is 5.24. The first-order chi connectivity index (χ1) is 9.92. The number of sulfonamides is 1. The first-order valence-corrected chi connectivity index (χ1v) is 8.80. The van der Waals surface area contributed by atoms with Crippen LogP contribution in [0, 0.1) is 5.92 Å². The minimum absolute atomic E-state index is 0.209. The van der Waals surface area contributed by atoms with Crippen molar-refractivity contribution in [2.75, 3.05) is 13.7 Å². The first kappa shape index (κ1) is 16.3. The fourth-order valence-electron chi connectivity index (χ4n) is 1.94. The molecule has 0 amide bonds. The van der Waals surface area contributed by atoms with Crippen LogP contribution in [0.5, 0.6) is 5.75 Å². The number of methoxy groups -OCH3 is 1. The van der Waals surface area contributed by atoms with Gasteiger partial charge in [0.05, 0.1) is 7.11 Å². The Morgan fingerprint density at radius 1 is 1.33 bits per heavy atom. The normalized spacial score (nSPS) is 15.4. The van der Waals surface area contributed by atoms with Gasteiger partial charge in [-0.3, -0.25) is 0 Å². The van der Waals surface area contributed by atoms with Gasteiger partial charge in [0.25, 0.3) is 0 Å². The molecule has 1 fully saturated rings. The van der Waals surface area contributed by atoms with E-state index in [4.69, 9.17) is 4.74 Å². The topological polar surface area (TPSA) is 67.4 Å². The molecule has 0 spiro atoms. The Hall–Kier alpha value is -1.11. The van der Waals surface area contributed by atoms with Gasteiger partial charge < -0.3 is 10.1 Å². The van der Waals surface area contributed by atoms with Crippen LogP contribution in [0.25, 0.3) is 0 Å². The molecule has 0 aromatic heterocycles. The van der Waals surface area contributed by atoms with E-state index in [-0.39, 0.29) is 10.8 Å². The number of ether oxygens (including phenoxy) is 1. The lowest BCUT2D eigenvalue weighted by Gasteiger charge is -2.13. The van der Waals surface area contributed by atoms with Gasteiger partial charge in [0.1, 0.15) is 10.6 Å². The second-order valence-electron chi connectivity index (χ2n) is 5.89. The SMILES string of the molecule is COc1ccc(CNC2CC2)cc1S(=O)(=O)NCC(C)C. The summed E-state index contributed by atoms with van der Waals surface area (Å²) >= 11 is 0. The molecule has 118 valence electrons. The summed E-state index contributed by atoms with van der Waals surface area (Å²) in [5, 5.41) is 3.38. The molecule has 21 heavy (non-hydrogen) atoms. The maximum atomic E-state index is 12.4. The fourth-order valence-corrected chi connectivity index (χ4v) is 3.38. The molecule has 0 saturated heterocycles. The summed E-state index contributed by atoms with van der Waals surface area (Å²) < 4.78 is 32.6. The van der Waals surface area contributed by atoms with Crippen LogP contribution >= 0.6 is 0 Å². The number of rotatable bonds is 8. The molecule has 1 aliphatic carbocycles. The zero-order chi connectivity index (χ0) is 15.5. The zero-order valence-corrected chi connectivity index (χ0v) is 13.7. The van der Waals surface area contributed by atoms with Crippen LogP contribution in [0.4, 0.5) is 0 Å². The largest absolute Gasteiger partial charge is 0.495 e. The van der Waals surface area contributed by atoms with Gasteiger partial charge in [-0.2, -0.15) is 0 Å². The van der Waals surface area contributed by atoms with E-state index >= 15 is 0 Å². The number of hydrogen-bond donors (Lipinski definition) is 2. The monoisotopic (exact) mass is 312 g/mol. The second-order valence-corrected chi connectivity index (χ2v) is 7.62. The van der Waals surface area contributed by atoms with Crippen LogP contribution in [0.3, 0.4) is 0 Å². The summed E-state index contributed by atoms with van der Waals surface area (Å²) in [6, 6.07) is 5.90. The van der Waals surface area contributed by atoms with Crippen LogP contribution in [0.2, 0.25) is 0 Å². The van der Waals surface area contributed by atoms with Gasteiger partial charge in [-0.05, 0) is 36.5 Å². The Morgan fingerprint density at radius 2 is 2.05 bits per heavy atom. The number of hydrogen-bond acceptors (Lipinski definition) is 4. The maximum Gasteiger partial charge on any atom is 0.244 e. The van der Waals surface area contributed by atoms with Crippen molar-refractivity contribution in [3.05, 3.63) is 23.8 Å². The van der Waals surface area contributed by atoms with Crippen LogP contribution in [0.1, 0.15) is 32.3 Å². The van der Waals surface area contributed by atoms with E-state index in [1.54, 1.807) is 12.1 Å². The molecule has 2 rings (SSSR count). The summed E-state index contributed by atoms with van der Waals surface area (Å²) in [5.41, 5.74) is 0.952. The van der Waals surface area contributed by atoms with Gasteiger partial charge in [0.2, 0.25) is 10.0 Å². The van der Waals surface area contributed by atoms with Crippen LogP contribution < -0.4 is 14.8 Å². The highest BCUT2D eigenvalue weighted by molar-refractivity contribution is 7.89. The molecule has 0 unspecified atom stereocenters. The highest BCUT2D eigenvalue weighted by Gasteiger charge is 2.22. The highest BCUT2D eigenvalue weighted by Crippen LogP contribution is 2.26. The maximum absolute atomic E-state index is 12.4. The van der Waals surface area contributed by atoms with Crippen LogP contribution in [0.15, 0.2) is 23.1 Å². The number of nitrogens with one attached hydrogen (secondary N) is 2. The highest BCUT2D eigenvalue weighted by atomic mass is 32.2. The molecular formula is C15H24N2O3S. The van der Waals surface area contributed by atoms with Gasteiger partial charge in [-0.15, -0.1) is 0 Å². The lowest BCUT2D eigenvalue weighted by molar-refractivity contribution is 0.401. The van der Waals surface area contributed by atoms with Gasteiger partial charge >= 0.3 is 0 Å².